The predicted molar refractivity (Wildman–Crippen MR) is 181 cm³/mol. The van der Waals surface area contributed by atoms with Gasteiger partial charge in [-0.05, 0) is 90.4 Å². The highest BCUT2D eigenvalue weighted by atomic mass is 127. The number of methoxy groups -OCH3 is 1. The van der Waals surface area contributed by atoms with Gasteiger partial charge in [-0.25, -0.2) is 9.79 Å². The minimum Gasteiger partial charge on any atom is -0.490 e. The third-order valence-electron chi connectivity index (χ3n) is 6.86. The summed E-state index contributed by atoms with van der Waals surface area (Å²) in [6.45, 7) is 7.42. The van der Waals surface area contributed by atoms with Crippen LogP contribution in [0.25, 0.3) is 6.08 Å². The molecule has 0 unspecified atom stereocenters. The van der Waals surface area contributed by atoms with Crippen molar-refractivity contribution in [2.24, 2.45) is 4.99 Å². The molecular formula is C34H33IN2O7S. The summed E-state index contributed by atoms with van der Waals surface area (Å²) in [5.74, 6) is 1.75. The molecular weight excluding hydrogens is 707 g/mol. The summed E-state index contributed by atoms with van der Waals surface area (Å²) in [6.07, 6.45) is 3.27. The summed E-state index contributed by atoms with van der Waals surface area (Å²) in [7, 11) is 1.31. The maximum absolute atomic E-state index is 14.0. The minimum atomic E-state index is -0.779. The highest BCUT2D eigenvalue weighted by Crippen LogP contribution is 2.36. The summed E-state index contributed by atoms with van der Waals surface area (Å²) >= 11 is 3.46. The average molecular weight is 741 g/mol. The second-order valence-corrected chi connectivity index (χ2v) is 12.0. The van der Waals surface area contributed by atoms with Gasteiger partial charge < -0.3 is 23.7 Å². The minimum absolute atomic E-state index is 0.233. The van der Waals surface area contributed by atoms with Crippen LogP contribution in [0.5, 0.6) is 23.0 Å². The van der Waals surface area contributed by atoms with Crippen LogP contribution >= 0.6 is 33.9 Å². The summed E-state index contributed by atoms with van der Waals surface area (Å²) < 4.78 is 31.6. The number of halogens is 1. The van der Waals surface area contributed by atoms with Crippen molar-refractivity contribution in [1.29, 1.82) is 0 Å². The maximum Gasteiger partial charge on any atom is 0.337 e. The quantitative estimate of drug-likeness (QED) is 0.142. The third kappa shape index (κ3) is 7.09. The molecule has 0 spiro atoms. The van der Waals surface area contributed by atoms with Gasteiger partial charge in [-0.3, -0.25) is 9.36 Å². The fourth-order valence-corrected chi connectivity index (χ4v) is 6.69. The molecule has 234 valence electrons. The van der Waals surface area contributed by atoms with Crippen LogP contribution in [0.1, 0.15) is 43.5 Å². The van der Waals surface area contributed by atoms with Crippen molar-refractivity contribution in [3.8, 4) is 23.0 Å². The zero-order valence-electron chi connectivity index (χ0n) is 25.4. The van der Waals surface area contributed by atoms with E-state index in [2.05, 4.69) is 27.6 Å². The Kier molecular flexibility index (Phi) is 10.6. The van der Waals surface area contributed by atoms with Crippen molar-refractivity contribution in [1.82, 2.24) is 4.57 Å². The van der Waals surface area contributed by atoms with E-state index in [0.29, 0.717) is 64.3 Å². The Labute approximate surface area is 278 Å². The van der Waals surface area contributed by atoms with Crippen LogP contribution in [-0.2, 0) is 16.1 Å². The van der Waals surface area contributed by atoms with E-state index >= 15 is 0 Å². The number of nitrogens with zero attached hydrogens (tertiary/aromatic N) is 2. The van der Waals surface area contributed by atoms with Crippen LogP contribution in [0.3, 0.4) is 0 Å². The van der Waals surface area contributed by atoms with E-state index in [4.69, 9.17) is 23.7 Å². The van der Waals surface area contributed by atoms with Crippen LogP contribution in [0.4, 0.5) is 0 Å². The summed E-state index contributed by atoms with van der Waals surface area (Å²) in [5, 5.41) is 0. The van der Waals surface area contributed by atoms with Crippen molar-refractivity contribution in [2.75, 3.05) is 26.9 Å². The first-order valence-corrected chi connectivity index (χ1v) is 16.4. The molecule has 4 aromatic rings. The zero-order valence-corrected chi connectivity index (χ0v) is 28.3. The second kappa shape index (κ2) is 14.8. The van der Waals surface area contributed by atoms with Crippen molar-refractivity contribution in [3.05, 3.63) is 112 Å². The number of esters is 1. The predicted octanol–water partition coefficient (Wildman–Crippen LogP) is 5.40. The monoisotopic (exact) mass is 740 g/mol. The highest BCUT2D eigenvalue weighted by molar-refractivity contribution is 14.1. The van der Waals surface area contributed by atoms with E-state index in [0.717, 1.165) is 14.7 Å². The smallest absolute Gasteiger partial charge is 0.337 e. The average Bonchev–Trinajstić information content (AvgIpc) is 3.36. The molecule has 3 aromatic carbocycles. The number of fused-ring (bicyclic) bond motifs is 1. The lowest BCUT2D eigenvalue weighted by Gasteiger charge is -2.23. The first-order valence-electron chi connectivity index (χ1n) is 14.5. The molecule has 1 atom stereocenters. The van der Waals surface area contributed by atoms with E-state index in [-0.39, 0.29) is 11.1 Å². The number of hydrogen-bond donors (Lipinski definition) is 0. The zero-order chi connectivity index (χ0) is 31.9. The summed E-state index contributed by atoms with van der Waals surface area (Å²) in [4.78, 5) is 31.9. The van der Waals surface area contributed by atoms with Gasteiger partial charge in [0.15, 0.2) is 27.8 Å². The van der Waals surface area contributed by atoms with E-state index in [1.807, 2.05) is 69.3 Å². The van der Waals surface area contributed by atoms with E-state index in [1.54, 1.807) is 18.2 Å². The van der Waals surface area contributed by atoms with Crippen molar-refractivity contribution >= 4 is 46.0 Å². The molecule has 0 N–H and O–H groups in total. The van der Waals surface area contributed by atoms with Gasteiger partial charge in [0.1, 0.15) is 6.61 Å². The summed E-state index contributed by atoms with van der Waals surface area (Å²) in [6, 6.07) is 18.3. The van der Waals surface area contributed by atoms with E-state index in [1.165, 1.54) is 29.2 Å². The SMILES string of the molecule is CCOc1ccc([C@@H]2C(C(=O)OC)=CN=c3s/c(=C/c4cc(I)c(OCc5ccccc5)c(OCC)c4)c(=O)n32)cc1OCC. The van der Waals surface area contributed by atoms with Crippen LogP contribution < -0.4 is 33.8 Å². The second-order valence-electron chi connectivity index (χ2n) is 9.79. The maximum atomic E-state index is 14.0. The van der Waals surface area contributed by atoms with Crippen molar-refractivity contribution in [3.63, 3.8) is 0 Å². The molecule has 1 aromatic heterocycles. The number of carbonyl (C=O) groups excluding carboxylic acids is 1. The Morgan fingerprint density at radius 2 is 1.64 bits per heavy atom. The lowest BCUT2D eigenvalue weighted by molar-refractivity contribution is -0.136. The van der Waals surface area contributed by atoms with Crippen LogP contribution in [0.15, 0.2) is 82.2 Å². The molecule has 2 heterocycles. The van der Waals surface area contributed by atoms with Gasteiger partial charge in [-0.2, -0.15) is 0 Å². The first kappa shape index (κ1) is 32.3. The van der Waals surface area contributed by atoms with Crippen LogP contribution in [-0.4, -0.2) is 37.5 Å². The van der Waals surface area contributed by atoms with Gasteiger partial charge in [0.05, 0.1) is 46.6 Å². The Balaban J connectivity index is 1.58. The standard InChI is InChI=1S/C34H33IN2O7S/c1-5-41-26-14-13-23(18-27(26)42-6-2)30-24(33(39)40-4)19-36-34-37(30)32(38)29(45-34)17-22-15-25(35)31(28(16-22)43-7-3)44-20-21-11-9-8-10-12-21/h8-19,30H,5-7,20H2,1-4H3/b29-17+/t30-/m1/s1. The molecule has 0 fully saturated rings. The molecule has 9 nitrogen and oxygen atoms in total. The molecule has 11 heteroatoms. The normalized spacial score (nSPS) is 14.2. The third-order valence-corrected chi connectivity index (χ3v) is 8.66. The Morgan fingerprint density at radius 3 is 2.36 bits per heavy atom. The molecule has 1 aliphatic heterocycles. The number of ether oxygens (including phenoxy) is 5. The number of carbonyl (C=O) groups is 1. The van der Waals surface area contributed by atoms with Gasteiger partial charge in [-0.15, -0.1) is 0 Å². The molecule has 5 rings (SSSR count). The number of aromatic nitrogens is 1. The lowest BCUT2D eigenvalue weighted by atomic mass is 9.97. The largest absolute Gasteiger partial charge is 0.490 e. The fourth-order valence-electron chi connectivity index (χ4n) is 4.94. The molecule has 0 radical (unpaired) electrons. The van der Waals surface area contributed by atoms with Crippen LogP contribution in [0, 0.1) is 3.57 Å². The lowest BCUT2D eigenvalue weighted by Crippen LogP contribution is -2.39. The number of hydrogen-bond acceptors (Lipinski definition) is 9. The Hall–Kier alpha value is -4.10. The number of thiazole rings is 1. The molecule has 0 saturated heterocycles. The van der Waals surface area contributed by atoms with Gasteiger partial charge in [0.25, 0.3) is 5.56 Å². The van der Waals surface area contributed by atoms with Gasteiger partial charge in [0, 0.05) is 6.20 Å². The summed E-state index contributed by atoms with van der Waals surface area (Å²) in [5.41, 5.74) is 2.42. The van der Waals surface area contributed by atoms with Gasteiger partial charge in [0.2, 0.25) is 0 Å². The fraction of sp³-hybridized carbons (Fsp3) is 0.265. The number of rotatable bonds is 12. The first-order chi connectivity index (χ1) is 21.9. The molecule has 1 aliphatic rings. The molecule has 45 heavy (non-hydrogen) atoms. The van der Waals surface area contributed by atoms with E-state index < -0.39 is 12.0 Å². The highest BCUT2D eigenvalue weighted by Gasteiger charge is 2.31. The number of benzene rings is 3. The van der Waals surface area contributed by atoms with Crippen molar-refractivity contribution < 1.29 is 28.5 Å². The van der Waals surface area contributed by atoms with Gasteiger partial charge in [-0.1, -0.05) is 47.7 Å². The Bertz CT molecular complexity index is 1900. The topological polar surface area (TPSA) is 97.6 Å². The van der Waals surface area contributed by atoms with Crippen LogP contribution in [0.2, 0.25) is 0 Å². The molecule has 0 saturated carbocycles. The molecule has 0 aliphatic carbocycles. The van der Waals surface area contributed by atoms with Crippen molar-refractivity contribution in [2.45, 2.75) is 33.4 Å². The molecule has 0 bridgehead atoms. The van der Waals surface area contributed by atoms with E-state index in [9.17, 15) is 9.59 Å². The van der Waals surface area contributed by atoms with Gasteiger partial charge >= 0.3 is 5.97 Å². The Morgan fingerprint density at radius 1 is 0.933 bits per heavy atom. The molecule has 0 amide bonds.